The van der Waals surface area contributed by atoms with E-state index in [1.807, 2.05) is 0 Å². The second-order valence-corrected chi connectivity index (χ2v) is 4.27. The van der Waals surface area contributed by atoms with Crippen molar-refractivity contribution in [3.63, 3.8) is 0 Å². The largest absolute Gasteiger partial charge is 0.358 e. The van der Waals surface area contributed by atoms with Crippen LogP contribution in [-0.4, -0.2) is 50.1 Å². The molecule has 0 aliphatic carbocycles. The van der Waals surface area contributed by atoms with E-state index < -0.39 is 0 Å². The third kappa shape index (κ3) is 3.47. The second-order valence-electron chi connectivity index (χ2n) is 4.27. The number of amides is 1. The first kappa shape index (κ1) is 12.5. The highest BCUT2D eigenvalue weighted by atomic mass is 16.1. The number of piperidine rings is 1. The summed E-state index contributed by atoms with van der Waals surface area (Å²) in [6, 6.07) is 0.501. The lowest BCUT2D eigenvalue weighted by atomic mass is 9.93. The maximum atomic E-state index is 11.4. The number of rotatable bonds is 4. The predicted octanol–water partition coefficient (Wildman–Crippen LogP) is 0.0523. The molecule has 1 rings (SSSR count). The van der Waals surface area contributed by atoms with Gasteiger partial charge in [-0.3, -0.25) is 9.69 Å². The van der Waals surface area contributed by atoms with Gasteiger partial charge in [0.1, 0.15) is 0 Å². The molecular weight excluding hydrogens is 190 g/mol. The van der Waals surface area contributed by atoms with Crippen molar-refractivity contribution in [2.45, 2.75) is 26.3 Å². The van der Waals surface area contributed by atoms with Gasteiger partial charge in [-0.25, -0.2) is 0 Å². The normalized spacial score (nSPS) is 26.7. The average Bonchev–Trinajstić information content (AvgIpc) is 2.26. The van der Waals surface area contributed by atoms with Crippen molar-refractivity contribution in [1.29, 1.82) is 0 Å². The Morgan fingerprint density at radius 3 is 2.87 bits per heavy atom. The van der Waals surface area contributed by atoms with E-state index in [-0.39, 0.29) is 5.91 Å². The van der Waals surface area contributed by atoms with E-state index in [0.717, 1.165) is 19.6 Å². The van der Waals surface area contributed by atoms with Crippen LogP contribution in [0.5, 0.6) is 0 Å². The highest BCUT2D eigenvalue weighted by Crippen LogP contribution is 2.17. The molecule has 1 fully saturated rings. The quantitative estimate of drug-likeness (QED) is 0.694. The summed E-state index contributed by atoms with van der Waals surface area (Å²) in [5, 5.41) is 6.08. The van der Waals surface area contributed by atoms with Crippen molar-refractivity contribution in [3.8, 4) is 0 Å². The van der Waals surface area contributed by atoms with E-state index in [4.69, 9.17) is 0 Å². The fraction of sp³-hybridized carbons (Fsp3) is 0.909. The van der Waals surface area contributed by atoms with Crippen molar-refractivity contribution < 1.29 is 4.79 Å². The molecule has 1 saturated heterocycles. The van der Waals surface area contributed by atoms with E-state index in [2.05, 4.69) is 29.4 Å². The van der Waals surface area contributed by atoms with Gasteiger partial charge in [0.05, 0.1) is 6.54 Å². The lowest BCUT2D eigenvalue weighted by Gasteiger charge is -2.37. The summed E-state index contributed by atoms with van der Waals surface area (Å²) in [4.78, 5) is 13.6. The number of nitrogens with zero attached hydrogens (tertiary/aromatic N) is 1. The zero-order chi connectivity index (χ0) is 11.3. The topological polar surface area (TPSA) is 44.4 Å². The summed E-state index contributed by atoms with van der Waals surface area (Å²) in [5.74, 6) is 0.783. The zero-order valence-electron chi connectivity index (χ0n) is 10.0. The molecule has 0 aromatic carbocycles. The molecule has 2 N–H and O–H groups in total. The van der Waals surface area contributed by atoms with Crippen LogP contribution in [0.4, 0.5) is 0 Å². The average molecular weight is 213 g/mol. The van der Waals surface area contributed by atoms with Gasteiger partial charge >= 0.3 is 0 Å². The van der Waals surface area contributed by atoms with Gasteiger partial charge in [-0.1, -0.05) is 13.8 Å². The minimum absolute atomic E-state index is 0.106. The molecule has 1 heterocycles. The first-order chi connectivity index (χ1) is 7.19. The number of carbonyl (C=O) groups excluding carboxylic acids is 1. The van der Waals surface area contributed by atoms with Gasteiger partial charge in [0, 0.05) is 19.6 Å². The molecule has 2 atom stereocenters. The van der Waals surface area contributed by atoms with Crippen molar-refractivity contribution in [2.24, 2.45) is 5.92 Å². The Labute approximate surface area is 92.4 Å². The minimum atomic E-state index is 0.106. The van der Waals surface area contributed by atoms with Crippen LogP contribution in [0.15, 0.2) is 0 Å². The summed E-state index contributed by atoms with van der Waals surface area (Å²) in [5.41, 5.74) is 0. The van der Waals surface area contributed by atoms with Crippen LogP contribution in [0, 0.1) is 5.92 Å². The Morgan fingerprint density at radius 2 is 2.33 bits per heavy atom. The molecule has 0 spiro atoms. The highest BCUT2D eigenvalue weighted by molar-refractivity contribution is 5.77. The summed E-state index contributed by atoms with van der Waals surface area (Å²) < 4.78 is 0. The Morgan fingerprint density at radius 1 is 1.60 bits per heavy atom. The van der Waals surface area contributed by atoms with Gasteiger partial charge in [-0.15, -0.1) is 0 Å². The van der Waals surface area contributed by atoms with Gasteiger partial charge in [0.2, 0.25) is 5.91 Å². The molecule has 0 bridgehead atoms. The molecule has 1 aliphatic heterocycles. The lowest BCUT2D eigenvalue weighted by molar-refractivity contribution is -0.122. The highest BCUT2D eigenvalue weighted by Gasteiger charge is 2.26. The van der Waals surface area contributed by atoms with Crippen LogP contribution in [0.2, 0.25) is 0 Å². The van der Waals surface area contributed by atoms with E-state index in [9.17, 15) is 4.79 Å². The standard InChI is InChI=1S/C11H23N3O/c1-4-14(8-11(15)12-3)10-7-13-6-5-9(10)2/h9-10,13H,4-8H2,1-3H3,(H,12,15). The number of hydrogen-bond acceptors (Lipinski definition) is 3. The summed E-state index contributed by atoms with van der Waals surface area (Å²) in [6.07, 6.45) is 1.20. The molecule has 2 unspecified atom stereocenters. The van der Waals surface area contributed by atoms with E-state index in [1.165, 1.54) is 6.42 Å². The van der Waals surface area contributed by atoms with E-state index in [1.54, 1.807) is 7.05 Å². The predicted molar refractivity (Wildman–Crippen MR) is 61.8 cm³/mol. The molecule has 0 saturated carbocycles. The Bertz CT molecular complexity index is 208. The smallest absolute Gasteiger partial charge is 0.233 e. The first-order valence-corrected chi connectivity index (χ1v) is 5.84. The third-order valence-electron chi connectivity index (χ3n) is 3.29. The number of hydrogen-bond donors (Lipinski definition) is 2. The van der Waals surface area contributed by atoms with Crippen LogP contribution >= 0.6 is 0 Å². The lowest BCUT2D eigenvalue weighted by Crippen LogP contribution is -2.52. The van der Waals surface area contributed by atoms with Crippen molar-refractivity contribution >= 4 is 5.91 Å². The zero-order valence-corrected chi connectivity index (χ0v) is 10.0. The number of carbonyl (C=O) groups is 1. The first-order valence-electron chi connectivity index (χ1n) is 5.84. The molecule has 4 nitrogen and oxygen atoms in total. The molecule has 0 aromatic rings. The van der Waals surface area contributed by atoms with Gasteiger partial charge in [0.25, 0.3) is 0 Å². The fourth-order valence-electron chi connectivity index (χ4n) is 2.19. The Kier molecular flexibility index (Phi) is 5.05. The fourth-order valence-corrected chi connectivity index (χ4v) is 2.19. The maximum Gasteiger partial charge on any atom is 0.233 e. The van der Waals surface area contributed by atoms with Crippen LogP contribution in [0.25, 0.3) is 0 Å². The molecule has 1 aliphatic rings. The maximum absolute atomic E-state index is 11.4. The summed E-state index contributed by atoms with van der Waals surface area (Å²) in [7, 11) is 1.69. The van der Waals surface area contributed by atoms with Crippen LogP contribution in [-0.2, 0) is 4.79 Å². The molecule has 1 amide bonds. The molecule has 4 heteroatoms. The molecule has 0 radical (unpaired) electrons. The van der Waals surface area contributed by atoms with E-state index in [0.29, 0.717) is 18.5 Å². The molecule has 88 valence electrons. The third-order valence-corrected chi connectivity index (χ3v) is 3.29. The van der Waals surface area contributed by atoms with Crippen molar-refractivity contribution in [2.75, 3.05) is 33.2 Å². The Hall–Kier alpha value is -0.610. The van der Waals surface area contributed by atoms with Gasteiger partial charge < -0.3 is 10.6 Å². The van der Waals surface area contributed by atoms with Crippen molar-refractivity contribution in [3.05, 3.63) is 0 Å². The van der Waals surface area contributed by atoms with E-state index >= 15 is 0 Å². The Balaban J connectivity index is 2.51. The monoisotopic (exact) mass is 213 g/mol. The van der Waals surface area contributed by atoms with Gasteiger partial charge in [-0.05, 0) is 25.4 Å². The number of nitrogens with one attached hydrogen (secondary N) is 2. The van der Waals surface area contributed by atoms with Crippen LogP contribution in [0.1, 0.15) is 20.3 Å². The summed E-state index contributed by atoms with van der Waals surface area (Å²) in [6.45, 7) is 7.96. The molecular formula is C11H23N3O. The van der Waals surface area contributed by atoms with Gasteiger partial charge in [0.15, 0.2) is 0 Å². The molecule has 0 aromatic heterocycles. The SMILES string of the molecule is CCN(CC(=O)NC)C1CNCCC1C. The second kappa shape index (κ2) is 6.08. The number of likely N-dealkylation sites (N-methyl/N-ethyl adjacent to an activating group) is 2. The van der Waals surface area contributed by atoms with Crippen LogP contribution in [0.3, 0.4) is 0 Å². The summed E-state index contributed by atoms with van der Waals surface area (Å²) >= 11 is 0. The van der Waals surface area contributed by atoms with Crippen molar-refractivity contribution in [1.82, 2.24) is 15.5 Å². The van der Waals surface area contributed by atoms with Gasteiger partial charge in [-0.2, -0.15) is 0 Å². The molecule has 15 heavy (non-hydrogen) atoms. The van der Waals surface area contributed by atoms with Crippen LogP contribution < -0.4 is 10.6 Å². The minimum Gasteiger partial charge on any atom is -0.358 e.